The summed E-state index contributed by atoms with van der Waals surface area (Å²) in [5, 5.41) is 19.1. The second-order valence-corrected chi connectivity index (χ2v) is 11.5. The molecule has 0 bridgehead atoms. The summed E-state index contributed by atoms with van der Waals surface area (Å²) in [5.74, 6) is 0.711. The van der Waals surface area contributed by atoms with Crippen molar-refractivity contribution in [2.24, 2.45) is 0 Å². The largest absolute Gasteiger partial charge is 0.508 e. The second-order valence-electron chi connectivity index (χ2n) is 11.5. The monoisotopic (exact) mass is 566 g/mol. The molecular weight excluding hydrogens is 528 g/mol. The van der Waals surface area contributed by atoms with Gasteiger partial charge in [-0.3, -0.25) is 9.59 Å². The molecule has 0 aliphatic heterocycles. The van der Waals surface area contributed by atoms with Crippen LogP contribution in [0.1, 0.15) is 75.6 Å². The molecule has 4 aromatic carbocycles. The van der Waals surface area contributed by atoms with Gasteiger partial charge < -0.3 is 19.7 Å². The quantitative estimate of drug-likeness (QED) is 0.109. The van der Waals surface area contributed by atoms with Gasteiger partial charge in [0, 0.05) is 23.7 Å². The first-order valence-corrected chi connectivity index (χ1v) is 14.2. The molecular formula is C36H38O6. The summed E-state index contributed by atoms with van der Waals surface area (Å²) in [7, 11) is 0. The third-order valence-corrected chi connectivity index (χ3v) is 7.81. The number of phenolic OH excluding ortho intramolecular Hbond substituents is 2. The molecule has 6 nitrogen and oxygen atoms in total. The van der Waals surface area contributed by atoms with Gasteiger partial charge in [0.05, 0.1) is 0 Å². The van der Waals surface area contributed by atoms with E-state index in [1.54, 1.807) is 48.5 Å². The Balaban J connectivity index is 1.19. The third kappa shape index (κ3) is 7.58. The van der Waals surface area contributed by atoms with Gasteiger partial charge in [0.1, 0.15) is 23.0 Å². The number of carbonyl (C=O) groups excluding carboxylic acids is 2. The molecule has 0 aliphatic carbocycles. The molecule has 0 unspecified atom stereocenters. The Hall–Kier alpha value is -4.58. The van der Waals surface area contributed by atoms with Crippen molar-refractivity contribution < 1.29 is 29.3 Å². The van der Waals surface area contributed by atoms with Gasteiger partial charge in [0.25, 0.3) is 0 Å². The van der Waals surface area contributed by atoms with Crippen molar-refractivity contribution in [3.63, 3.8) is 0 Å². The van der Waals surface area contributed by atoms with E-state index in [0.29, 0.717) is 24.3 Å². The van der Waals surface area contributed by atoms with Crippen molar-refractivity contribution >= 4 is 11.9 Å². The van der Waals surface area contributed by atoms with Crippen molar-refractivity contribution in [1.29, 1.82) is 0 Å². The molecule has 0 atom stereocenters. The summed E-state index contributed by atoms with van der Waals surface area (Å²) in [6.45, 7) is 8.39. The number of ether oxygens (including phenoxy) is 2. The Labute approximate surface area is 247 Å². The van der Waals surface area contributed by atoms with E-state index >= 15 is 0 Å². The number of hydrogen-bond acceptors (Lipinski definition) is 6. The molecule has 4 aromatic rings. The fourth-order valence-corrected chi connectivity index (χ4v) is 4.87. The number of aromatic hydroxyl groups is 2. The van der Waals surface area contributed by atoms with Crippen LogP contribution in [0.4, 0.5) is 0 Å². The van der Waals surface area contributed by atoms with Gasteiger partial charge in [-0.25, -0.2) is 0 Å². The average molecular weight is 567 g/mol. The highest BCUT2D eigenvalue weighted by Gasteiger charge is 2.24. The van der Waals surface area contributed by atoms with Crippen LogP contribution in [-0.2, 0) is 20.4 Å². The van der Waals surface area contributed by atoms with E-state index in [9.17, 15) is 19.8 Å². The lowest BCUT2D eigenvalue weighted by Gasteiger charge is -2.26. The van der Waals surface area contributed by atoms with Crippen molar-refractivity contribution in [3.8, 4) is 23.0 Å². The highest BCUT2D eigenvalue weighted by molar-refractivity contribution is 5.73. The van der Waals surface area contributed by atoms with Crippen LogP contribution in [0.25, 0.3) is 0 Å². The minimum atomic E-state index is -0.347. The van der Waals surface area contributed by atoms with Gasteiger partial charge in [-0.15, -0.1) is 0 Å². The van der Waals surface area contributed by atoms with E-state index < -0.39 is 0 Å². The van der Waals surface area contributed by atoms with E-state index in [2.05, 4.69) is 27.7 Å². The number of benzene rings is 4. The maximum atomic E-state index is 12.3. The molecule has 0 aromatic heterocycles. The van der Waals surface area contributed by atoms with Gasteiger partial charge in [0.15, 0.2) is 0 Å². The van der Waals surface area contributed by atoms with Gasteiger partial charge in [-0.05, 0) is 83.6 Å². The Morgan fingerprint density at radius 3 is 1.05 bits per heavy atom. The predicted molar refractivity (Wildman–Crippen MR) is 163 cm³/mol. The maximum absolute atomic E-state index is 12.3. The van der Waals surface area contributed by atoms with Crippen LogP contribution in [0.15, 0.2) is 97.1 Å². The lowest BCUT2D eigenvalue weighted by Crippen LogP contribution is -2.18. The molecule has 0 aliphatic rings. The minimum absolute atomic E-state index is 0.203. The standard InChI is InChI=1S/C36H38O6/c1-35(2,25-9-17-29(37)18-10-25)27-13-21-31(22-14-27)41-33(39)7-5-6-8-34(40)42-32-23-15-28(16-24-32)36(3,4)26-11-19-30(38)20-12-26/h9-24,37-38H,5-8H2,1-4H3. The minimum Gasteiger partial charge on any atom is -0.508 e. The summed E-state index contributed by atoms with van der Waals surface area (Å²) in [6, 6.07) is 29.2. The lowest BCUT2D eigenvalue weighted by molar-refractivity contribution is -0.136. The smallest absolute Gasteiger partial charge is 0.311 e. The van der Waals surface area contributed by atoms with E-state index in [1.165, 1.54) is 0 Å². The van der Waals surface area contributed by atoms with Gasteiger partial charge >= 0.3 is 11.9 Å². The fourth-order valence-electron chi connectivity index (χ4n) is 4.87. The molecule has 42 heavy (non-hydrogen) atoms. The molecule has 2 N–H and O–H groups in total. The normalized spacial score (nSPS) is 11.6. The summed E-state index contributed by atoms with van der Waals surface area (Å²) in [6.07, 6.45) is 1.43. The molecule has 0 saturated heterocycles. The summed E-state index contributed by atoms with van der Waals surface area (Å²) < 4.78 is 11.0. The fraction of sp³-hybridized carbons (Fsp3) is 0.278. The first-order valence-electron chi connectivity index (χ1n) is 14.2. The van der Waals surface area contributed by atoms with Crippen LogP contribution in [0, 0.1) is 0 Å². The predicted octanol–water partition coefficient (Wildman–Crippen LogP) is 7.82. The molecule has 0 saturated carbocycles. The van der Waals surface area contributed by atoms with Crippen molar-refractivity contribution in [2.75, 3.05) is 0 Å². The van der Waals surface area contributed by atoms with E-state index in [1.807, 2.05) is 48.5 Å². The van der Waals surface area contributed by atoms with Crippen LogP contribution < -0.4 is 9.47 Å². The molecule has 0 spiro atoms. The van der Waals surface area contributed by atoms with Crippen LogP contribution in [-0.4, -0.2) is 22.2 Å². The number of hydrogen-bond donors (Lipinski definition) is 2. The zero-order valence-electron chi connectivity index (χ0n) is 24.6. The molecule has 4 rings (SSSR count). The van der Waals surface area contributed by atoms with Crippen LogP contribution >= 0.6 is 0 Å². The molecule has 0 fully saturated rings. The number of carbonyl (C=O) groups is 2. The highest BCUT2D eigenvalue weighted by atomic mass is 16.5. The summed E-state index contributed by atoms with van der Waals surface area (Å²) in [4.78, 5) is 24.7. The third-order valence-electron chi connectivity index (χ3n) is 7.81. The molecule has 0 amide bonds. The summed E-state index contributed by atoms with van der Waals surface area (Å²) >= 11 is 0. The van der Waals surface area contributed by atoms with E-state index in [-0.39, 0.29) is 47.1 Å². The molecule has 6 heteroatoms. The number of phenols is 2. The number of esters is 2. The first-order chi connectivity index (χ1) is 19.9. The zero-order valence-corrected chi connectivity index (χ0v) is 24.6. The van der Waals surface area contributed by atoms with Crippen LogP contribution in [0.3, 0.4) is 0 Å². The topological polar surface area (TPSA) is 93.1 Å². The van der Waals surface area contributed by atoms with Gasteiger partial charge in [0.2, 0.25) is 0 Å². The Bertz CT molecular complexity index is 1370. The SMILES string of the molecule is CC(C)(c1ccc(O)cc1)c1ccc(OC(=O)CCCCC(=O)Oc2ccc(C(C)(C)c3ccc(O)cc3)cc2)cc1. The first kappa shape index (κ1) is 30.4. The number of rotatable bonds is 11. The zero-order chi connectivity index (χ0) is 30.3. The van der Waals surface area contributed by atoms with Crippen LogP contribution in [0.5, 0.6) is 23.0 Å². The Kier molecular flexibility index (Phi) is 9.36. The van der Waals surface area contributed by atoms with Gasteiger partial charge in [-0.2, -0.15) is 0 Å². The lowest BCUT2D eigenvalue weighted by atomic mass is 9.78. The summed E-state index contributed by atoms with van der Waals surface area (Å²) in [5.41, 5.74) is 3.68. The average Bonchev–Trinajstić information content (AvgIpc) is 2.96. The second kappa shape index (κ2) is 12.9. The van der Waals surface area contributed by atoms with E-state index in [4.69, 9.17) is 9.47 Å². The van der Waals surface area contributed by atoms with Gasteiger partial charge in [-0.1, -0.05) is 76.2 Å². The van der Waals surface area contributed by atoms with Crippen LogP contribution in [0.2, 0.25) is 0 Å². The van der Waals surface area contributed by atoms with Crippen molar-refractivity contribution in [1.82, 2.24) is 0 Å². The molecule has 0 radical (unpaired) electrons. The van der Waals surface area contributed by atoms with Crippen molar-refractivity contribution in [2.45, 2.75) is 64.2 Å². The highest BCUT2D eigenvalue weighted by Crippen LogP contribution is 2.34. The Morgan fingerprint density at radius 1 is 0.500 bits per heavy atom. The molecule has 0 heterocycles. The Morgan fingerprint density at radius 2 is 0.762 bits per heavy atom. The number of unbranched alkanes of at least 4 members (excludes halogenated alkanes) is 1. The molecule has 218 valence electrons. The van der Waals surface area contributed by atoms with E-state index in [0.717, 1.165) is 22.3 Å². The maximum Gasteiger partial charge on any atom is 0.311 e. The van der Waals surface area contributed by atoms with Crippen molar-refractivity contribution in [3.05, 3.63) is 119 Å².